The number of aromatic nitrogens is 1. The fourth-order valence-electron chi connectivity index (χ4n) is 1.90. The zero-order valence-corrected chi connectivity index (χ0v) is 8.71. The van der Waals surface area contributed by atoms with Gasteiger partial charge in [-0.2, -0.15) is 5.26 Å². The minimum atomic E-state index is 0.0124. The lowest BCUT2D eigenvalue weighted by Crippen LogP contribution is -2.24. The van der Waals surface area contributed by atoms with Crippen molar-refractivity contribution < 1.29 is 0 Å². The fraction of sp³-hybridized carbons (Fsp3) is 0.455. The molecule has 0 radical (unpaired) electrons. The van der Waals surface area contributed by atoms with Crippen molar-refractivity contribution in [3.63, 3.8) is 0 Å². The Morgan fingerprint density at radius 1 is 1.53 bits per heavy atom. The van der Waals surface area contributed by atoms with E-state index in [4.69, 9.17) is 5.26 Å². The molecule has 0 saturated carbocycles. The third kappa shape index (κ3) is 1.61. The molecule has 0 aromatic carbocycles. The number of aryl methyl sites for hydroxylation is 1. The third-order valence-corrected chi connectivity index (χ3v) is 2.69. The molecule has 1 aliphatic rings. The lowest BCUT2D eigenvalue weighted by atomic mass is 10.2. The molecule has 15 heavy (non-hydrogen) atoms. The zero-order valence-electron chi connectivity index (χ0n) is 8.71. The van der Waals surface area contributed by atoms with Gasteiger partial charge in [0.25, 0.3) is 5.56 Å². The van der Waals surface area contributed by atoms with Crippen molar-refractivity contribution in [2.75, 3.05) is 11.9 Å². The summed E-state index contributed by atoms with van der Waals surface area (Å²) in [7, 11) is 0. The van der Waals surface area contributed by atoms with Crippen molar-refractivity contribution in [1.82, 2.24) is 4.57 Å². The number of fused-ring (bicyclic) bond motifs is 1. The highest BCUT2D eigenvalue weighted by Gasteiger charge is 2.14. The molecule has 0 aliphatic carbocycles. The third-order valence-electron chi connectivity index (χ3n) is 2.69. The Bertz CT molecular complexity index is 482. The maximum atomic E-state index is 11.8. The van der Waals surface area contributed by atoms with E-state index in [0.29, 0.717) is 23.5 Å². The highest BCUT2D eigenvalue weighted by Crippen LogP contribution is 2.17. The van der Waals surface area contributed by atoms with Gasteiger partial charge >= 0.3 is 0 Å². The molecule has 1 aromatic rings. The zero-order chi connectivity index (χ0) is 10.8. The molecule has 2 rings (SSSR count). The first-order valence-electron chi connectivity index (χ1n) is 5.12. The highest BCUT2D eigenvalue weighted by atomic mass is 16.1. The molecule has 1 N–H and O–H groups in total. The van der Waals surface area contributed by atoms with Gasteiger partial charge in [-0.1, -0.05) is 0 Å². The molecule has 0 saturated heterocycles. The number of nitrogens with one attached hydrogen (secondary N) is 1. The van der Waals surface area contributed by atoms with Gasteiger partial charge in [-0.3, -0.25) is 9.36 Å². The topological polar surface area (TPSA) is 57.8 Å². The van der Waals surface area contributed by atoms with Crippen LogP contribution in [-0.2, 0) is 6.54 Å². The lowest BCUT2D eigenvalue weighted by Gasteiger charge is -2.12. The van der Waals surface area contributed by atoms with E-state index in [0.717, 1.165) is 19.4 Å². The van der Waals surface area contributed by atoms with Gasteiger partial charge in [0.05, 0.1) is 5.56 Å². The molecular weight excluding hydrogens is 190 g/mol. The van der Waals surface area contributed by atoms with Crippen molar-refractivity contribution in [2.24, 2.45) is 0 Å². The summed E-state index contributed by atoms with van der Waals surface area (Å²) in [4.78, 5) is 11.8. The van der Waals surface area contributed by atoms with Gasteiger partial charge in [0.2, 0.25) is 0 Å². The molecule has 2 heterocycles. The summed E-state index contributed by atoms with van der Waals surface area (Å²) in [5.41, 5.74) is 1.21. The van der Waals surface area contributed by atoms with Crippen LogP contribution < -0.4 is 10.9 Å². The number of rotatable bonds is 0. The number of hydrogen-bond donors (Lipinski definition) is 1. The van der Waals surface area contributed by atoms with E-state index in [1.165, 1.54) is 0 Å². The van der Waals surface area contributed by atoms with Crippen molar-refractivity contribution in [3.8, 4) is 6.07 Å². The monoisotopic (exact) mass is 203 g/mol. The quantitative estimate of drug-likeness (QED) is 0.690. The van der Waals surface area contributed by atoms with Gasteiger partial charge in [-0.05, 0) is 25.8 Å². The van der Waals surface area contributed by atoms with Crippen molar-refractivity contribution in [2.45, 2.75) is 26.3 Å². The average molecular weight is 203 g/mol. The van der Waals surface area contributed by atoms with Gasteiger partial charge in [-0.25, -0.2) is 0 Å². The van der Waals surface area contributed by atoms with E-state index < -0.39 is 0 Å². The van der Waals surface area contributed by atoms with E-state index in [1.807, 2.05) is 0 Å². The van der Waals surface area contributed by atoms with Crippen molar-refractivity contribution in [3.05, 3.63) is 27.5 Å². The number of pyridine rings is 1. The summed E-state index contributed by atoms with van der Waals surface area (Å²) in [6.45, 7) is 3.29. The Hall–Kier alpha value is -1.76. The summed E-state index contributed by atoms with van der Waals surface area (Å²) in [6.07, 6.45) is 2.01. The number of nitrogens with zero attached hydrogens (tertiary/aromatic N) is 2. The maximum Gasteiger partial charge on any atom is 0.255 e. The van der Waals surface area contributed by atoms with Crippen LogP contribution in [0.3, 0.4) is 0 Å². The second kappa shape index (κ2) is 3.77. The molecule has 1 aromatic heterocycles. The van der Waals surface area contributed by atoms with E-state index in [-0.39, 0.29) is 5.56 Å². The van der Waals surface area contributed by atoms with Gasteiger partial charge in [0.15, 0.2) is 0 Å². The summed E-state index contributed by atoms with van der Waals surface area (Å²) in [5.74, 6) is 0.686. The summed E-state index contributed by atoms with van der Waals surface area (Å²) >= 11 is 0. The Labute approximate surface area is 88.1 Å². The van der Waals surface area contributed by atoms with Crippen LogP contribution in [0.1, 0.15) is 24.0 Å². The van der Waals surface area contributed by atoms with Crippen LogP contribution in [0.2, 0.25) is 0 Å². The van der Waals surface area contributed by atoms with Gasteiger partial charge in [-0.15, -0.1) is 0 Å². The normalized spacial score (nSPS) is 14.7. The summed E-state index contributed by atoms with van der Waals surface area (Å²) in [5, 5.41) is 12.1. The van der Waals surface area contributed by atoms with Crippen LogP contribution in [0, 0.1) is 18.3 Å². The molecule has 78 valence electrons. The first-order valence-corrected chi connectivity index (χ1v) is 5.12. The summed E-state index contributed by atoms with van der Waals surface area (Å²) < 4.78 is 1.68. The second-order valence-electron chi connectivity index (χ2n) is 3.79. The van der Waals surface area contributed by atoms with Crippen molar-refractivity contribution >= 4 is 5.82 Å². The van der Waals surface area contributed by atoms with Crippen LogP contribution in [0.5, 0.6) is 0 Å². The van der Waals surface area contributed by atoms with Crippen molar-refractivity contribution in [1.29, 1.82) is 5.26 Å². The van der Waals surface area contributed by atoms with E-state index in [1.54, 1.807) is 17.6 Å². The number of hydrogen-bond acceptors (Lipinski definition) is 3. The number of anilines is 1. The van der Waals surface area contributed by atoms with E-state index >= 15 is 0 Å². The Morgan fingerprint density at radius 3 is 3.07 bits per heavy atom. The van der Waals surface area contributed by atoms with E-state index in [9.17, 15) is 4.79 Å². The van der Waals surface area contributed by atoms with Crippen LogP contribution >= 0.6 is 0 Å². The molecule has 0 fully saturated rings. The fourth-order valence-corrected chi connectivity index (χ4v) is 1.90. The summed E-state index contributed by atoms with van der Waals surface area (Å²) in [6, 6.07) is 3.79. The first kappa shape index (κ1) is 9.78. The standard InChI is InChI=1S/C11H13N3O/c1-8-6-9(7-12)10-13-4-2-3-5-14(10)11(8)15/h6,13H,2-5H2,1H3. The molecule has 0 amide bonds. The van der Waals surface area contributed by atoms with Gasteiger partial charge in [0, 0.05) is 18.7 Å². The Morgan fingerprint density at radius 2 is 2.33 bits per heavy atom. The van der Waals surface area contributed by atoms with E-state index in [2.05, 4.69) is 11.4 Å². The molecule has 0 atom stereocenters. The number of nitriles is 1. The molecule has 0 bridgehead atoms. The average Bonchev–Trinajstić information content (AvgIpc) is 2.49. The predicted octanol–water partition coefficient (Wildman–Crippen LogP) is 1.23. The SMILES string of the molecule is Cc1cc(C#N)c2n(c1=O)CCCCN2. The second-order valence-corrected chi connectivity index (χ2v) is 3.79. The lowest BCUT2D eigenvalue weighted by molar-refractivity contribution is 0.634. The molecular formula is C11H13N3O. The highest BCUT2D eigenvalue weighted by molar-refractivity contribution is 5.54. The molecule has 1 aliphatic heterocycles. The van der Waals surface area contributed by atoms with Gasteiger partial charge < -0.3 is 5.32 Å². The van der Waals surface area contributed by atoms with Crippen LogP contribution in [-0.4, -0.2) is 11.1 Å². The Kier molecular flexibility index (Phi) is 2.46. The Balaban J connectivity index is 2.69. The van der Waals surface area contributed by atoms with Crippen LogP contribution in [0.4, 0.5) is 5.82 Å². The molecule has 0 spiro atoms. The first-order chi connectivity index (χ1) is 7.24. The maximum absolute atomic E-state index is 11.8. The molecule has 4 nitrogen and oxygen atoms in total. The van der Waals surface area contributed by atoms with Gasteiger partial charge in [0.1, 0.15) is 11.9 Å². The minimum Gasteiger partial charge on any atom is -0.370 e. The predicted molar refractivity (Wildman–Crippen MR) is 57.9 cm³/mol. The van der Waals surface area contributed by atoms with Crippen LogP contribution in [0.25, 0.3) is 0 Å². The molecule has 4 heteroatoms. The van der Waals surface area contributed by atoms with Crippen LogP contribution in [0.15, 0.2) is 10.9 Å². The molecule has 0 unspecified atom stereocenters. The minimum absolute atomic E-state index is 0.0124. The smallest absolute Gasteiger partial charge is 0.255 e. The largest absolute Gasteiger partial charge is 0.370 e.